The number of hydrogen-bond acceptors (Lipinski definition) is 6. The first kappa shape index (κ1) is 20.7. The Bertz CT molecular complexity index is 886. The molecule has 1 N–H and O–H groups in total. The molecule has 0 saturated carbocycles. The lowest BCUT2D eigenvalue weighted by molar-refractivity contribution is -0.0797. The zero-order valence-electron chi connectivity index (χ0n) is 15.5. The van der Waals surface area contributed by atoms with Gasteiger partial charge in [-0.15, -0.1) is 0 Å². The molecule has 3 rings (SSSR count). The summed E-state index contributed by atoms with van der Waals surface area (Å²) in [5.74, 6) is 0. The number of sulfonamides is 2. The third-order valence-corrected chi connectivity index (χ3v) is 7.63. The highest BCUT2D eigenvalue weighted by Crippen LogP contribution is 2.34. The van der Waals surface area contributed by atoms with Crippen LogP contribution in [0.25, 0.3) is 0 Å². The quantitative estimate of drug-likeness (QED) is 0.746. The molecule has 1 aromatic carbocycles. The van der Waals surface area contributed by atoms with Crippen LogP contribution in [0.2, 0.25) is 0 Å². The molecule has 27 heavy (non-hydrogen) atoms. The highest BCUT2D eigenvalue weighted by atomic mass is 32.2. The molecule has 152 valence electrons. The summed E-state index contributed by atoms with van der Waals surface area (Å²) in [6.45, 7) is 2.98. The van der Waals surface area contributed by atoms with E-state index >= 15 is 0 Å². The highest BCUT2D eigenvalue weighted by Gasteiger charge is 2.45. The molecule has 1 spiro atoms. The minimum absolute atomic E-state index is 0.172. The van der Waals surface area contributed by atoms with E-state index in [2.05, 4.69) is 4.72 Å². The molecular weight excluding hydrogens is 392 g/mol. The maximum atomic E-state index is 13.2. The summed E-state index contributed by atoms with van der Waals surface area (Å²) in [5, 5.41) is 0. The number of ether oxygens (including phenoxy) is 2. The van der Waals surface area contributed by atoms with Gasteiger partial charge < -0.3 is 9.47 Å². The third-order valence-electron chi connectivity index (χ3n) is 4.94. The molecule has 2 aliphatic heterocycles. The molecule has 0 aromatic heterocycles. The lowest BCUT2D eigenvalue weighted by Gasteiger charge is -2.31. The Hall–Kier alpha value is -1.04. The fourth-order valence-electron chi connectivity index (χ4n) is 3.57. The Morgan fingerprint density at radius 1 is 1.26 bits per heavy atom. The zero-order chi connectivity index (χ0) is 19.7. The van der Waals surface area contributed by atoms with E-state index in [9.17, 15) is 16.8 Å². The molecule has 0 radical (unpaired) electrons. The van der Waals surface area contributed by atoms with Gasteiger partial charge in [-0.3, -0.25) is 0 Å². The molecule has 8 nitrogen and oxygen atoms in total. The predicted molar refractivity (Wildman–Crippen MR) is 100 cm³/mol. The van der Waals surface area contributed by atoms with Crippen molar-refractivity contribution in [3.05, 3.63) is 29.8 Å². The van der Waals surface area contributed by atoms with Crippen LogP contribution >= 0.6 is 0 Å². The van der Waals surface area contributed by atoms with Crippen LogP contribution in [0, 0.1) is 6.92 Å². The van der Waals surface area contributed by atoms with Crippen molar-refractivity contribution in [2.75, 3.05) is 39.1 Å². The van der Waals surface area contributed by atoms with Gasteiger partial charge >= 0.3 is 0 Å². The summed E-state index contributed by atoms with van der Waals surface area (Å²) >= 11 is 0. The van der Waals surface area contributed by atoms with Crippen molar-refractivity contribution in [2.24, 2.45) is 0 Å². The van der Waals surface area contributed by atoms with E-state index in [1.54, 1.807) is 31.2 Å². The van der Waals surface area contributed by atoms with Crippen LogP contribution in [0.3, 0.4) is 0 Å². The molecule has 0 aliphatic carbocycles. The average Bonchev–Trinajstić information content (AvgIpc) is 2.85. The van der Waals surface area contributed by atoms with Crippen LogP contribution in [0.4, 0.5) is 0 Å². The average molecular weight is 419 g/mol. The van der Waals surface area contributed by atoms with Crippen molar-refractivity contribution in [1.82, 2.24) is 9.03 Å². The molecule has 10 heteroatoms. The molecule has 2 atom stereocenters. The second-order valence-electron chi connectivity index (χ2n) is 7.24. The first-order chi connectivity index (χ1) is 12.6. The molecule has 0 bridgehead atoms. The molecule has 2 aliphatic rings. The lowest BCUT2D eigenvalue weighted by atomic mass is 10.0. The number of nitrogens with one attached hydrogen (secondary N) is 1. The van der Waals surface area contributed by atoms with E-state index in [4.69, 9.17) is 9.47 Å². The number of rotatable bonds is 5. The second-order valence-corrected chi connectivity index (χ2v) is 11.0. The Labute approximate surface area is 160 Å². The van der Waals surface area contributed by atoms with E-state index in [0.29, 0.717) is 31.6 Å². The Balaban J connectivity index is 1.77. The fourth-order valence-corrected chi connectivity index (χ4v) is 5.78. The van der Waals surface area contributed by atoms with Gasteiger partial charge in [0.25, 0.3) is 0 Å². The second kappa shape index (κ2) is 7.76. The van der Waals surface area contributed by atoms with E-state index < -0.39 is 25.6 Å². The molecule has 1 aromatic rings. The van der Waals surface area contributed by atoms with E-state index in [0.717, 1.165) is 6.26 Å². The van der Waals surface area contributed by atoms with Crippen molar-refractivity contribution in [3.63, 3.8) is 0 Å². The van der Waals surface area contributed by atoms with Gasteiger partial charge in [0.15, 0.2) is 0 Å². The molecule has 2 saturated heterocycles. The predicted octanol–water partition coefficient (Wildman–Crippen LogP) is 0.483. The maximum absolute atomic E-state index is 13.2. The van der Waals surface area contributed by atoms with E-state index in [1.165, 1.54) is 4.31 Å². The first-order valence-corrected chi connectivity index (χ1v) is 12.2. The monoisotopic (exact) mass is 418 g/mol. The minimum Gasteiger partial charge on any atom is -0.377 e. The van der Waals surface area contributed by atoms with Gasteiger partial charge in [0, 0.05) is 19.6 Å². The number of benzene rings is 1. The smallest absolute Gasteiger partial charge is 0.243 e. The molecule has 2 fully saturated rings. The summed E-state index contributed by atoms with van der Waals surface area (Å²) in [6.07, 6.45) is 2.06. The molecular formula is C17H26N2O6S2. The van der Waals surface area contributed by atoms with Crippen molar-refractivity contribution in [2.45, 2.75) is 36.4 Å². The van der Waals surface area contributed by atoms with Crippen LogP contribution in [-0.4, -0.2) is 71.9 Å². The van der Waals surface area contributed by atoms with Gasteiger partial charge in [0.2, 0.25) is 20.0 Å². The maximum Gasteiger partial charge on any atom is 0.243 e. The summed E-state index contributed by atoms with van der Waals surface area (Å²) in [7, 11) is -6.97. The summed E-state index contributed by atoms with van der Waals surface area (Å²) in [4.78, 5) is 0.287. The summed E-state index contributed by atoms with van der Waals surface area (Å²) in [5.41, 5.74) is -0.0601. The number of aryl methyl sites for hydroxylation is 1. The Kier molecular flexibility index (Phi) is 5.95. The van der Waals surface area contributed by atoms with Crippen molar-refractivity contribution in [3.8, 4) is 0 Å². The normalized spacial score (nSPS) is 27.7. The standard InChI is InChI=1S/C17H26N2O6S2/c1-14-5-3-4-6-16(14)27(22,23)19-9-10-24-13-17(12-19)8-7-15(25-17)11-18-26(2,20)21/h3-6,15,18H,7-13H2,1-2H3. The topological polar surface area (TPSA) is 102 Å². The molecule has 0 amide bonds. The lowest BCUT2D eigenvalue weighted by Crippen LogP contribution is -2.47. The van der Waals surface area contributed by atoms with Crippen molar-refractivity contribution < 1.29 is 26.3 Å². The van der Waals surface area contributed by atoms with E-state index in [-0.39, 0.29) is 30.6 Å². The zero-order valence-corrected chi connectivity index (χ0v) is 17.2. The Morgan fingerprint density at radius 2 is 2.00 bits per heavy atom. The third kappa shape index (κ3) is 4.87. The molecule has 2 unspecified atom stereocenters. The van der Waals surface area contributed by atoms with Gasteiger partial charge in [0.05, 0.1) is 30.5 Å². The number of hydrogen-bond donors (Lipinski definition) is 1. The van der Waals surface area contributed by atoms with Crippen LogP contribution in [0.5, 0.6) is 0 Å². The largest absolute Gasteiger partial charge is 0.377 e. The van der Waals surface area contributed by atoms with Gasteiger partial charge in [-0.1, -0.05) is 18.2 Å². The van der Waals surface area contributed by atoms with Gasteiger partial charge in [-0.05, 0) is 31.4 Å². The summed E-state index contributed by atoms with van der Waals surface area (Å²) in [6, 6.07) is 6.90. The van der Waals surface area contributed by atoms with Crippen LogP contribution in [0.15, 0.2) is 29.2 Å². The number of nitrogens with zero attached hydrogens (tertiary/aromatic N) is 1. The van der Waals surface area contributed by atoms with Crippen LogP contribution in [-0.2, 0) is 29.5 Å². The highest BCUT2D eigenvalue weighted by molar-refractivity contribution is 7.89. The molecule has 2 heterocycles. The minimum atomic E-state index is -3.67. The van der Waals surface area contributed by atoms with Crippen molar-refractivity contribution in [1.29, 1.82) is 0 Å². The Morgan fingerprint density at radius 3 is 2.70 bits per heavy atom. The van der Waals surface area contributed by atoms with Gasteiger partial charge in [-0.2, -0.15) is 4.31 Å². The summed E-state index contributed by atoms with van der Waals surface area (Å²) < 4.78 is 64.6. The van der Waals surface area contributed by atoms with Gasteiger partial charge in [-0.25, -0.2) is 21.6 Å². The van der Waals surface area contributed by atoms with Crippen molar-refractivity contribution >= 4 is 20.0 Å². The van der Waals surface area contributed by atoms with Crippen LogP contribution in [0.1, 0.15) is 18.4 Å². The first-order valence-electron chi connectivity index (χ1n) is 8.87. The fraction of sp³-hybridized carbons (Fsp3) is 0.647. The van der Waals surface area contributed by atoms with Crippen LogP contribution < -0.4 is 4.72 Å². The van der Waals surface area contributed by atoms with E-state index in [1.807, 2.05) is 0 Å². The van der Waals surface area contributed by atoms with Gasteiger partial charge in [0.1, 0.15) is 5.60 Å². The SMILES string of the molecule is Cc1ccccc1S(=O)(=O)N1CCOCC2(CCC(CNS(C)(=O)=O)O2)C1.